The number of esters is 1. The summed E-state index contributed by atoms with van der Waals surface area (Å²) in [6, 6.07) is 9.52. The summed E-state index contributed by atoms with van der Waals surface area (Å²) >= 11 is 0. The first-order valence-corrected chi connectivity index (χ1v) is 7.17. The number of ether oxygens (including phenoxy) is 3. The van der Waals surface area contributed by atoms with Gasteiger partial charge in [0.25, 0.3) is 0 Å². The van der Waals surface area contributed by atoms with Gasteiger partial charge in [0, 0.05) is 7.11 Å². The van der Waals surface area contributed by atoms with Crippen molar-refractivity contribution < 1.29 is 19.0 Å². The van der Waals surface area contributed by atoms with E-state index in [0.29, 0.717) is 19.3 Å². The highest BCUT2D eigenvalue weighted by Gasteiger charge is 2.27. The van der Waals surface area contributed by atoms with Crippen LogP contribution in [0.4, 0.5) is 0 Å². The molecule has 0 amide bonds. The third-order valence-electron chi connectivity index (χ3n) is 3.68. The van der Waals surface area contributed by atoms with E-state index in [0.717, 1.165) is 31.4 Å². The molecule has 0 unspecified atom stereocenters. The van der Waals surface area contributed by atoms with Gasteiger partial charge in [0.1, 0.15) is 19.0 Å². The number of benzene rings is 1. The first-order chi connectivity index (χ1) is 9.79. The zero-order chi connectivity index (χ0) is 14.2. The Labute approximate surface area is 120 Å². The van der Waals surface area contributed by atoms with E-state index in [9.17, 15) is 4.79 Å². The largest absolute Gasteiger partial charge is 0.490 e. The van der Waals surface area contributed by atoms with Crippen molar-refractivity contribution in [2.45, 2.75) is 31.8 Å². The number of carbonyl (C=O) groups excluding carboxylic acids is 1. The summed E-state index contributed by atoms with van der Waals surface area (Å²) in [4.78, 5) is 11.9. The Morgan fingerprint density at radius 2 is 1.80 bits per heavy atom. The molecule has 1 aliphatic carbocycles. The molecular weight excluding hydrogens is 256 g/mol. The summed E-state index contributed by atoms with van der Waals surface area (Å²) in [6.07, 6.45) is 3.90. The topological polar surface area (TPSA) is 44.8 Å². The van der Waals surface area contributed by atoms with E-state index < -0.39 is 0 Å². The Kier molecular flexibility index (Phi) is 5.87. The van der Waals surface area contributed by atoms with Gasteiger partial charge < -0.3 is 14.2 Å². The maximum Gasteiger partial charge on any atom is 0.309 e. The summed E-state index contributed by atoms with van der Waals surface area (Å²) < 4.78 is 16.0. The molecule has 0 aliphatic heterocycles. The Bertz CT molecular complexity index is 396. The van der Waals surface area contributed by atoms with Gasteiger partial charge in [0.05, 0.1) is 12.0 Å². The Morgan fingerprint density at radius 3 is 2.45 bits per heavy atom. The van der Waals surface area contributed by atoms with E-state index in [-0.39, 0.29) is 11.9 Å². The van der Waals surface area contributed by atoms with Gasteiger partial charge in [-0.25, -0.2) is 0 Å². The second kappa shape index (κ2) is 7.90. The summed E-state index contributed by atoms with van der Waals surface area (Å²) in [5.41, 5.74) is 0. The molecule has 4 nitrogen and oxygen atoms in total. The summed E-state index contributed by atoms with van der Waals surface area (Å²) in [5.74, 6) is 0.721. The smallest absolute Gasteiger partial charge is 0.309 e. The van der Waals surface area contributed by atoms with Crippen molar-refractivity contribution >= 4 is 5.97 Å². The second-order valence-corrected chi connectivity index (χ2v) is 5.04. The van der Waals surface area contributed by atoms with E-state index in [4.69, 9.17) is 14.2 Å². The quantitative estimate of drug-likeness (QED) is 0.593. The maximum atomic E-state index is 11.9. The lowest BCUT2D eigenvalue weighted by Gasteiger charge is -2.26. The lowest BCUT2D eigenvalue weighted by molar-refractivity contribution is -0.151. The molecule has 0 N–H and O–H groups in total. The van der Waals surface area contributed by atoms with Crippen LogP contribution in [0, 0.1) is 5.92 Å². The van der Waals surface area contributed by atoms with Gasteiger partial charge in [-0.15, -0.1) is 0 Å². The van der Waals surface area contributed by atoms with Crippen molar-refractivity contribution in [3.05, 3.63) is 30.3 Å². The SMILES string of the molecule is COC1CCC(C(=O)OCCOc2ccccc2)CC1. The van der Waals surface area contributed by atoms with Crippen LogP contribution in [0.1, 0.15) is 25.7 Å². The first-order valence-electron chi connectivity index (χ1n) is 7.17. The second-order valence-electron chi connectivity index (χ2n) is 5.04. The normalized spacial score (nSPS) is 22.2. The fraction of sp³-hybridized carbons (Fsp3) is 0.562. The van der Waals surface area contributed by atoms with Crippen molar-refractivity contribution in [3.8, 4) is 5.75 Å². The molecule has 0 saturated heterocycles. The molecule has 1 fully saturated rings. The highest BCUT2D eigenvalue weighted by Crippen LogP contribution is 2.26. The van der Waals surface area contributed by atoms with Crippen LogP contribution >= 0.6 is 0 Å². The molecule has 0 bridgehead atoms. The number of rotatable bonds is 6. The van der Waals surface area contributed by atoms with Gasteiger partial charge in [-0.3, -0.25) is 4.79 Å². The number of hydrogen-bond acceptors (Lipinski definition) is 4. The van der Waals surface area contributed by atoms with E-state index in [1.807, 2.05) is 30.3 Å². The fourth-order valence-electron chi connectivity index (χ4n) is 2.47. The molecular formula is C16H22O4. The average molecular weight is 278 g/mol. The standard InChI is InChI=1S/C16H22O4/c1-18-14-9-7-13(8-10-14)16(17)20-12-11-19-15-5-3-2-4-6-15/h2-6,13-14H,7-12H2,1H3. The maximum absolute atomic E-state index is 11.9. The van der Waals surface area contributed by atoms with E-state index in [1.165, 1.54) is 0 Å². The van der Waals surface area contributed by atoms with Crippen LogP contribution < -0.4 is 4.74 Å². The molecule has 0 radical (unpaired) electrons. The van der Waals surface area contributed by atoms with Crippen molar-refractivity contribution in [1.29, 1.82) is 0 Å². The van der Waals surface area contributed by atoms with E-state index in [1.54, 1.807) is 7.11 Å². The molecule has 1 saturated carbocycles. The number of carbonyl (C=O) groups is 1. The molecule has 110 valence electrons. The molecule has 1 aromatic carbocycles. The van der Waals surface area contributed by atoms with Gasteiger partial charge in [0.15, 0.2) is 0 Å². The van der Waals surface area contributed by atoms with Crippen molar-refractivity contribution in [2.75, 3.05) is 20.3 Å². The highest BCUT2D eigenvalue weighted by atomic mass is 16.6. The van der Waals surface area contributed by atoms with Crippen LogP contribution in [-0.4, -0.2) is 32.4 Å². The van der Waals surface area contributed by atoms with Crippen LogP contribution in [0.15, 0.2) is 30.3 Å². The Balaban J connectivity index is 1.61. The zero-order valence-electron chi connectivity index (χ0n) is 11.9. The average Bonchev–Trinajstić information content (AvgIpc) is 2.52. The minimum absolute atomic E-state index is 0.0260. The minimum Gasteiger partial charge on any atom is -0.490 e. The molecule has 0 spiro atoms. The number of methoxy groups -OCH3 is 1. The van der Waals surface area contributed by atoms with Gasteiger partial charge in [0.2, 0.25) is 0 Å². The van der Waals surface area contributed by atoms with Gasteiger partial charge in [-0.05, 0) is 37.8 Å². The Morgan fingerprint density at radius 1 is 1.10 bits per heavy atom. The van der Waals surface area contributed by atoms with E-state index in [2.05, 4.69) is 0 Å². The monoisotopic (exact) mass is 278 g/mol. The number of hydrogen-bond donors (Lipinski definition) is 0. The highest BCUT2D eigenvalue weighted by molar-refractivity contribution is 5.72. The van der Waals surface area contributed by atoms with E-state index >= 15 is 0 Å². The molecule has 0 heterocycles. The molecule has 20 heavy (non-hydrogen) atoms. The summed E-state index contributed by atoms with van der Waals surface area (Å²) in [7, 11) is 1.73. The van der Waals surface area contributed by atoms with Crippen molar-refractivity contribution in [3.63, 3.8) is 0 Å². The van der Waals surface area contributed by atoms with Crippen molar-refractivity contribution in [2.24, 2.45) is 5.92 Å². The predicted octanol–water partition coefficient (Wildman–Crippen LogP) is 2.81. The first kappa shape index (κ1) is 14.9. The lowest BCUT2D eigenvalue weighted by atomic mass is 9.87. The third kappa shape index (κ3) is 4.53. The van der Waals surface area contributed by atoms with Crippen LogP contribution in [0.3, 0.4) is 0 Å². The molecule has 0 atom stereocenters. The van der Waals surface area contributed by atoms with Crippen LogP contribution in [0.25, 0.3) is 0 Å². The lowest BCUT2D eigenvalue weighted by Crippen LogP contribution is -2.27. The van der Waals surface area contributed by atoms with Crippen LogP contribution in [0.5, 0.6) is 5.75 Å². The Hall–Kier alpha value is -1.55. The molecule has 1 aliphatic rings. The zero-order valence-corrected chi connectivity index (χ0v) is 11.9. The molecule has 1 aromatic rings. The summed E-state index contributed by atoms with van der Waals surface area (Å²) in [6.45, 7) is 0.696. The molecule has 4 heteroatoms. The van der Waals surface area contributed by atoms with Crippen LogP contribution in [-0.2, 0) is 14.3 Å². The summed E-state index contributed by atoms with van der Waals surface area (Å²) in [5, 5.41) is 0. The third-order valence-corrected chi connectivity index (χ3v) is 3.68. The van der Waals surface area contributed by atoms with Crippen LogP contribution in [0.2, 0.25) is 0 Å². The molecule has 0 aromatic heterocycles. The minimum atomic E-state index is -0.101. The van der Waals surface area contributed by atoms with Gasteiger partial charge in [-0.2, -0.15) is 0 Å². The molecule has 2 rings (SSSR count). The van der Waals surface area contributed by atoms with Gasteiger partial charge >= 0.3 is 5.97 Å². The number of para-hydroxylation sites is 1. The fourth-order valence-corrected chi connectivity index (χ4v) is 2.47. The predicted molar refractivity (Wildman–Crippen MR) is 75.7 cm³/mol. The van der Waals surface area contributed by atoms with Crippen molar-refractivity contribution in [1.82, 2.24) is 0 Å². The van der Waals surface area contributed by atoms with Gasteiger partial charge in [-0.1, -0.05) is 18.2 Å².